The summed E-state index contributed by atoms with van der Waals surface area (Å²) in [5.41, 5.74) is 0.629. The molecule has 3 aromatic rings. The van der Waals surface area contributed by atoms with Crippen LogP contribution < -0.4 is 4.80 Å². The quantitative estimate of drug-likeness (QED) is 0.382. The molecule has 0 radical (unpaired) electrons. The van der Waals surface area contributed by atoms with Gasteiger partial charge in [-0.15, -0.1) is 0 Å². The van der Waals surface area contributed by atoms with Gasteiger partial charge in [-0.1, -0.05) is 11.3 Å². The van der Waals surface area contributed by atoms with E-state index in [1.807, 2.05) is 6.92 Å². The minimum Gasteiger partial charge on any atom is -0.459 e. The van der Waals surface area contributed by atoms with Crippen molar-refractivity contribution in [2.45, 2.75) is 13.5 Å². The smallest absolute Gasteiger partial charge is 0.315 e. The zero-order valence-corrected chi connectivity index (χ0v) is 14.2. The number of aromatic nitrogens is 1. The summed E-state index contributed by atoms with van der Waals surface area (Å²) in [6.07, 6.45) is 1.40. The molecule has 1 aromatic carbocycles. The third-order valence-electron chi connectivity index (χ3n) is 3.47. The highest BCUT2D eigenvalue weighted by atomic mass is 32.1. The minimum atomic E-state index is -0.504. The molecule has 3 rings (SSSR count). The molecule has 2 aromatic heterocycles. The van der Waals surface area contributed by atoms with Crippen LogP contribution in [0.15, 0.2) is 46.0 Å². The largest absolute Gasteiger partial charge is 0.459 e. The number of rotatable bonds is 6. The number of nitro benzene ring substituents is 1. The third-order valence-corrected chi connectivity index (χ3v) is 4.53. The highest BCUT2D eigenvalue weighted by Gasteiger charge is 2.14. The Balaban J connectivity index is 2.11. The molecule has 0 aliphatic carbocycles. The summed E-state index contributed by atoms with van der Waals surface area (Å²) >= 11 is 1.28. The molecule has 0 N–H and O–H groups in total. The van der Waals surface area contributed by atoms with Gasteiger partial charge in [0.05, 0.1) is 28.0 Å². The average molecular weight is 361 g/mol. The van der Waals surface area contributed by atoms with Crippen molar-refractivity contribution in [1.82, 2.24) is 4.57 Å². The lowest BCUT2D eigenvalue weighted by molar-refractivity contribution is -0.384. The SMILES string of the molecule is CCOCCn1c(=NC(=O)c2ccco2)sc2ccc([N+](=O)[O-])cc21. The van der Waals surface area contributed by atoms with Crippen molar-refractivity contribution < 1.29 is 18.9 Å². The summed E-state index contributed by atoms with van der Waals surface area (Å²) in [6, 6.07) is 7.72. The van der Waals surface area contributed by atoms with Crippen molar-refractivity contribution in [2.24, 2.45) is 4.99 Å². The van der Waals surface area contributed by atoms with Crippen molar-refractivity contribution in [2.75, 3.05) is 13.2 Å². The Morgan fingerprint density at radius 3 is 2.96 bits per heavy atom. The lowest BCUT2D eigenvalue weighted by Gasteiger charge is -2.05. The second-order valence-corrected chi connectivity index (χ2v) is 6.05. The van der Waals surface area contributed by atoms with Crippen molar-refractivity contribution in [3.05, 3.63) is 57.3 Å². The Bertz CT molecular complexity index is 971. The number of non-ortho nitro benzene ring substituents is 1. The van der Waals surface area contributed by atoms with Crippen LogP contribution in [0.3, 0.4) is 0 Å². The summed E-state index contributed by atoms with van der Waals surface area (Å²) in [5, 5.41) is 11.0. The van der Waals surface area contributed by atoms with E-state index in [9.17, 15) is 14.9 Å². The molecule has 0 saturated carbocycles. The summed E-state index contributed by atoms with van der Waals surface area (Å²) < 4.78 is 13.0. The second kappa shape index (κ2) is 7.41. The molecule has 0 spiro atoms. The van der Waals surface area contributed by atoms with Gasteiger partial charge in [0.2, 0.25) is 0 Å². The van der Waals surface area contributed by atoms with Crippen LogP contribution in [0.1, 0.15) is 17.5 Å². The van der Waals surface area contributed by atoms with Crippen LogP contribution >= 0.6 is 11.3 Å². The van der Waals surface area contributed by atoms with E-state index in [1.54, 1.807) is 16.7 Å². The van der Waals surface area contributed by atoms with Crippen molar-refractivity contribution in [1.29, 1.82) is 0 Å². The molecule has 2 heterocycles. The highest BCUT2D eigenvalue weighted by molar-refractivity contribution is 7.16. The zero-order valence-electron chi connectivity index (χ0n) is 13.4. The zero-order chi connectivity index (χ0) is 17.8. The molecule has 1 amide bonds. The van der Waals surface area contributed by atoms with Gasteiger partial charge in [0, 0.05) is 25.3 Å². The van der Waals surface area contributed by atoms with Gasteiger partial charge in [-0.25, -0.2) is 0 Å². The molecule has 0 aliphatic rings. The van der Waals surface area contributed by atoms with Crippen LogP contribution in [0.4, 0.5) is 5.69 Å². The number of ether oxygens (including phenoxy) is 1. The Labute approximate surface area is 146 Å². The van der Waals surface area contributed by atoms with Crippen LogP contribution in [0.5, 0.6) is 0 Å². The number of fused-ring (bicyclic) bond motifs is 1. The van der Waals surface area contributed by atoms with E-state index in [0.29, 0.717) is 30.1 Å². The maximum Gasteiger partial charge on any atom is 0.315 e. The fraction of sp³-hybridized carbons (Fsp3) is 0.250. The lowest BCUT2D eigenvalue weighted by Crippen LogP contribution is -2.19. The van der Waals surface area contributed by atoms with Gasteiger partial charge in [0.25, 0.3) is 5.69 Å². The average Bonchev–Trinajstić information content (AvgIpc) is 3.23. The molecule has 0 fully saturated rings. The number of benzene rings is 1. The van der Waals surface area contributed by atoms with Gasteiger partial charge in [-0.2, -0.15) is 4.99 Å². The number of furan rings is 1. The first-order chi connectivity index (χ1) is 12.1. The Hall–Kier alpha value is -2.78. The van der Waals surface area contributed by atoms with E-state index in [-0.39, 0.29) is 11.4 Å². The molecule has 0 saturated heterocycles. The molecular weight excluding hydrogens is 346 g/mol. The fourth-order valence-electron chi connectivity index (χ4n) is 2.31. The molecule has 0 unspecified atom stereocenters. The molecule has 0 atom stereocenters. The Kier molecular flexibility index (Phi) is 5.05. The first kappa shape index (κ1) is 17.1. The number of amides is 1. The molecule has 9 heteroatoms. The number of hydrogen-bond acceptors (Lipinski definition) is 6. The first-order valence-electron chi connectivity index (χ1n) is 7.58. The van der Waals surface area contributed by atoms with Gasteiger partial charge in [0.15, 0.2) is 10.6 Å². The maximum atomic E-state index is 12.2. The van der Waals surface area contributed by atoms with Crippen LogP contribution in [0.25, 0.3) is 10.2 Å². The summed E-state index contributed by atoms with van der Waals surface area (Å²) in [6.45, 7) is 3.28. The number of nitro groups is 1. The van der Waals surface area contributed by atoms with Crippen molar-refractivity contribution in [3.63, 3.8) is 0 Å². The number of hydrogen-bond donors (Lipinski definition) is 0. The molecule has 25 heavy (non-hydrogen) atoms. The highest BCUT2D eigenvalue weighted by Crippen LogP contribution is 2.23. The Morgan fingerprint density at radius 2 is 2.28 bits per heavy atom. The van der Waals surface area contributed by atoms with Crippen LogP contribution in [0, 0.1) is 10.1 Å². The topological polar surface area (TPSA) is 99.9 Å². The van der Waals surface area contributed by atoms with E-state index >= 15 is 0 Å². The van der Waals surface area contributed by atoms with Gasteiger partial charge in [0.1, 0.15) is 0 Å². The van der Waals surface area contributed by atoms with Gasteiger partial charge >= 0.3 is 5.91 Å². The first-order valence-corrected chi connectivity index (χ1v) is 8.40. The van der Waals surface area contributed by atoms with E-state index in [4.69, 9.17) is 9.15 Å². The summed E-state index contributed by atoms with van der Waals surface area (Å²) in [7, 11) is 0. The summed E-state index contributed by atoms with van der Waals surface area (Å²) in [5.74, 6) is -0.365. The number of nitrogens with zero attached hydrogens (tertiary/aromatic N) is 3. The van der Waals surface area contributed by atoms with E-state index in [2.05, 4.69) is 4.99 Å². The van der Waals surface area contributed by atoms with E-state index < -0.39 is 10.8 Å². The maximum absolute atomic E-state index is 12.2. The van der Waals surface area contributed by atoms with E-state index in [0.717, 1.165) is 4.70 Å². The third kappa shape index (κ3) is 3.67. The predicted molar refractivity (Wildman–Crippen MR) is 91.6 cm³/mol. The molecule has 130 valence electrons. The molecule has 0 bridgehead atoms. The van der Waals surface area contributed by atoms with Crippen LogP contribution in [-0.2, 0) is 11.3 Å². The van der Waals surface area contributed by atoms with Crippen molar-refractivity contribution >= 4 is 33.1 Å². The number of thiazole rings is 1. The van der Waals surface area contributed by atoms with Gasteiger partial charge in [-0.05, 0) is 25.1 Å². The summed E-state index contributed by atoms with van der Waals surface area (Å²) in [4.78, 5) is 27.4. The second-order valence-electron chi connectivity index (χ2n) is 5.04. The molecular formula is C16H15N3O5S. The minimum absolute atomic E-state index is 0.0145. The van der Waals surface area contributed by atoms with Crippen LogP contribution in [-0.4, -0.2) is 28.6 Å². The number of carbonyl (C=O) groups is 1. The normalized spacial score (nSPS) is 12.0. The van der Waals surface area contributed by atoms with Crippen LogP contribution in [0.2, 0.25) is 0 Å². The molecule has 0 aliphatic heterocycles. The van der Waals surface area contributed by atoms with Gasteiger partial charge in [-0.3, -0.25) is 14.9 Å². The monoisotopic (exact) mass is 361 g/mol. The van der Waals surface area contributed by atoms with Crippen molar-refractivity contribution in [3.8, 4) is 0 Å². The predicted octanol–water partition coefficient (Wildman–Crippen LogP) is 2.98. The molecule has 8 nitrogen and oxygen atoms in total. The standard InChI is InChI=1S/C16H15N3O5S/c1-2-23-9-7-18-12-10-11(19(21)22)5-6-14(12)25-16(18)17-15(20)13-4-3-8-24-13/h3-6,8,10H,2,7,9H2,1H3. The van der Waals surface area contributed by atoms with E-state index in [1.165, 1.54) is 35.8 Å². The lowest BCUT2D eigenvalue weighted by atomic mass is 10.3. The fourth-order valence-corrected chi connectivity index (χ4v) is 3.35. The van der Waals surface area contributed by atoms with Gasteiger partial charge < -0.3 is 13.7 Å². The Morgan fingerprint density at radius 1 is 1.44 bits per heavy atom. The number of carbonyl (C=O) groups excluding carboxylic acids is 1.